The molecule has 3 N–H and O–H groups in total. The number of likely N-dealkylation sites (tertiary alicyclic amines) is 2. The summed E-state index contributed by atoms with van der Waals surface area (Å²) >= 11 is 0. The molecular weight excluding hydrogens is 276 g/mol. The van der Waals surface area contributed by atoms with E-state index < -0.39 is 0 Å². The molecule has 1 atom stereocenters. The Balaban J connectivity index is 0.000000497. The van der Waals surface area contributed by atoms with Gasteiger partial charge in [0.15, 0.2) is 0 Å². The molecule has 3 aliphatic heterocycles. The molecule has 1 spiro atoms. The van der Waals surface area contributed by atoms with Gasteiger partial charge in [0.2, 0.25) is 5.91 Å². The maximum Gasteiger partial charge on any atom is 0.315 e. The van der Waals surface area contributed by atoms with E-state index in [0.29, 0.717) is 32.0 Å². The monoisotopic (exact) mass is 298 g/mol. The van der Waals surface area contributed by atoms with Crippen molar-refractivity contribution < 1.29 is 19.5 Å². The lowest BCUT2D eigenvalue weighted by Gasteiger charge is -2.47. The molecule has 0 radical (unpaired) electrons. The van der Waals surface area contributed by atoms with Crippen LogP contribution in [0.1, 0.15) is 12.8 Å². The first-order valence-electron chi connectivity index (χ1n) is 7.08. The molecule has 8 heteroatoms. The van der Waals surface area contributed by atoms with Crippen LogP contribution in [-0.4, -0.2) is 78.6 Å². The molecule has 118 valence electrons. The molecule has 3 fully saturated rings. The SMILES string of the molecule is CN1CCC(CC(=O)N2CC3(CNC(=O)N3)C2)C1.O=CO. The van der Waals surface area contributed by atoms with Gasteiger partial charge in [0.25, 0.3) is 6.47 Å². The molecule has 21 heavy (non-hydrogen) atoms. The summed E-state index contributed by atoms with van der Waals surface area (Å²) in [5.74, 6) is 0.748. The van der Waals surface area contributed by atoms with E-state index >= 15 is 0 Å². The summed E-state index contributed by atoms with van der Waals surface area (Å²) in [7, 11) is 2.10. The molecule has 1 unspecified atom stereocenters. The molecule has 3 heterocycles. The summed E-state index contributed by atoms with van der Waals surface area (Å²) in [6.45, 7) is 3.84. The number of nitrogens with one attached hydrogen (secondary N) is 2. The number of amides is 3. The van der Waals surface area contributed by atoms with Crippen LogP contribution in [0, 0.1) is 5.92 Å². The molecule has 8 nitrogen and oxygen atoms in total. The van der Waals surface area contributed by atoms with Gasteiger partial charge in [-0.15, -0.1) is 0 Å². The van der Waals surface area contributed by atoms with Gasteiger partial charge in [0.05, 0.1) is 5.54 Å². The Morgan fingerprint density at radius 1 is 1.52 bits per heavy atom. The van der Waals surface area contributed by atoms with Crippen molar-refractivity contribution in [2.24, 2.45) is 5.92 Å². The summed E-state index contributed by atoms with van der Waals surface area (Å²) in [5, 5.41) is 12.5. The lowest BCUT2D eigenvalue weighted by atomic mass is 9.90. The van der Waals surface area contributed by atoms with Crippen molar-refractivity contribution in [2.75, 3.05) is 39.8 Å². The van der Waals surface area contributed by atoms with E-state index in [2.05, 4.69) is 22.6 Å². The molecule has 3 saturated heterocycles. The lowest BCUT2D eigenvalue weighted by molar-refractivity contribution is -0.139. The second kappa shape index (κ2) is 6.30. The standard InChI is InChI=1S/C12H20N4O2.CH2O2/c1-15-3-2-9(5-15)4-10(17)16-7-12(8-16)6-13-11(18)14-12;2-1-3/h9H,2-8H2,1H3,(H2,13,14,18);1H,(H,2,3). The third kappa shape index (κ3) is 3.63. The van der Waals surface area contributed by atoms with Gasteiger partial charge in [-0.25, -0.2) is 4.79 Å². The number of nitrogens with zero attached hydrogens (tertiary/aromatic N) is 2. The van der Waals surface area contributed by atoms with Gasteiger partial charge in [0.1, 0.15) is 0 Å². The fourth-order valence-corrected chi connectivity index (χ4v) is 3.20. The van der Waals surface area contributed by atoms with Crippen LogP contribution in [0.15, 0.2) is 0 Å². The van der Waals surface area contributed by atoms with E-state index in [9.17, 15) is 9.59 Å². The fraction of sp³-hybridized carbons (Fsp3) is 0.769. The van der Waals surface area contributed by atoms with Crippen LogP contribution in [0.3, 0.4) is 0 Å². The molecule has 0 aromatic rings. The van der Waals surface area contributed by atoms with Crippen molar-refractivity contribution in [3.05, 3.63) is 0 Å². The van der Waals surface area contributed by atoms with Gasteiger partial charge in [-0.1, -0.05) is 0 Å². The van der Waals surface area contributed by atoms with Gasteiger partial charge >= 0.3 is 6.03 Å². The number of carboxylic acid groups (broad SMARTS) is 1. The van der Waals surface area contributed by atoms with E-state index in [0.717, 1.165) is 19.5 Å². The first-order valence-corrected chi connectivity index (χ1v) is 7.08. The van der Waals surface area contributed by atoms with E-state index in [1.165, 1.54) is 0 Å². The minimum Gasteiger partial charge on any atom is -0.483 e. The third-order valence-electron chi connectivity index (χ3n) is 4.26. The number of urea groups is 1. The molecule has 0 saturated carbocycles. The number of rotatable bonds is 2. The molecule has 0 aliphatic carbocycles. The maximum absolute atomic E-state index is 12.1. The van der Waals surface area contributed by atoms with Crippen molar-refractivity contribution >= 4 is 18.4 Å². The minimum atomic E-state index is -0.250. The highest BCUT2D eigenvalue weighted by Crippen LogP contribution is 2.26. The van der Waals surface area contributed by atoms with Gasteiger partial charge in [0, 0.05) is 32.6 Å². The molecule has 3 rings (SSSR count). The van der Waals surface area contributed by atoms with E-state index in [1.807, 2.05) is 4.90 Å². The quantitative estimate of drug-likeness (QED) is 0.563. The van der Waals surface area contributed by atoms with Gasteiger partial charge < -0.3 is 25.5 Å². The van der Waals surface area contributed by atoms with Crippen LogP contribution in [0.25, 0.3) is 0 Å². The van der Waals surface area contributed by atoms with Crippen LogP contribution < -0.4 is 10.6 Å². The zero-order valence-electron chi connectivity index (χ0n) is 12.2. The maximum atomic E-state index is 12.1. The van der Waals surface area contributed by atoms with Crippen molar-refractivity contribution in [3.63, 3.8) is 0 Å². The second-order valence-electron chi connectivity index (χ2n) is 6.06. The summed E-state index contributed by atoms with van der Waals surface area (Å²) in [5.41, 5.74) is -0.181. The van der Waals surface area contributed by atoms with Crippen LogP contribution in [-0.2, 0) is 9.59 Å². The summed E-state index contributed by atoms with van der Waals surface area (Å²) in [6, 6.07) is -0.112. The number of carbonyl (C=O) groups excluding carboxylic acids is 2. The second-order valence-corrected chi connectivity index (χ2v) is 6.06. The first-order chi connectivity index (χ1) is 9.98. The Hall–Kier alpha value is -1.83. The highest BCUT2D eigenvalue weighted by molar-refractivity contribution is 5.81. The topological polar surface area (TPSA) is 102 Å². The normalized spacial score (nSPS) is 26.4. The Labute approximate surface area is 123 Å². The highest BCUT2D eigenvalue weighted by atomic mass is 16.3. The van der Waals surface area contributed by atoms with Crippen molar-refractivity contribution in [2.45, 2.75) is 18.4 Å². The Morgan fingerprint density at radius 2 is 2.19 bits per heavy atom. The number of hydrogen-bond donors (Lipinski definition) is 3. The van der Waals surface area contributed by atoms with Crippen molar-refractivity contribution in [1.29, 1.82) is 0 Å². The zero-order chi connectivity index (χ0) is 15.5. The average molecular weight is 298 g/mol. The van der Waals surface area contributed by atoms with Gasteiger partial charge in [-0.3, -0.25) is 9.59 Å². The minimum absolute atomic E-state index is 0.112. The molecule has 3 aliphatic rings. The van der Waals surface area contributed by atoms with Crippen LogP contribution in [0.4, 0.5) is 4.79 Å². The van der Waals surface area contributed by atoms with Gasteiger partial charge in [-0.05, 0) is 25.9 Å². The third-order valence-corrected chi connectivity index (χ3v) is 4.26. The summed E-state index contributed by atoms with van der Waals surface area (Å²) < 4.78 is 0. The van der Waals surface area contributed by atoms with Gasteiger partial charge in [-0.2, -0.15) is 0 Å². The smallest absolute Gasteiger partial charge is 0.315 e. The van der Waals surface area contributed by atoms with E-state index in [4.69, 9.17) is 9.90 Å². The number of hydrogen-bond acceptors (Lipinski definition) is 4. The largest absolute Gasteiger partial charge is 0.483 e. The fourth-order valence-electron chi connectivity index (χ4n) is 3.20. The summed E-state index contributed by atoms with van der Waals surface area (Å²) in [4.78, 5) is 35.7. The van der Waals surface area contributed by atoms with Crippen molar-refractivity contribution in [3.8, 4) is 0 Å². The Morgan fingerprint density at radius 3 is 2.67 bits per heavy atom. The predicted molar refractivity (Wildman–Crippen MR) is 74.8 cm³/mol. The average Bonchev–Trinajstić information content (AvgIpc) is 2.95. The molecular formula is C13H22N4O4. The summed E-state index contributed by atoms with van der Waals surface area (Å²) in [6.07, 6.45) is 1.78. The van der Waals surface area contributed by atoms with E-state index in [1.54, 1.807) is 0 Å². The van der Waals surface area contributed by atoms with Crippen molar-refractivity contribution in [1.82, 2.24) is 20.4 Å². The van der Waals surface area contributed by atoms with Crippen LogP contribution in [0.2, 0.25) is 0 Å². The molecule has 0 aromatic carbocycles. The zero-order valence-corrected chi connectivity index (χ0v) is 12.2. The molecule has 3 amide bonds. The predicted octanol–water partition coefficient (Wildman–Crippen LogP) is -1.08. The van der Waals surface area contributed by atoms with E-state index in [-0.39, 0.29) is 23.9 Å². The Bertz CT molecular complexity index is 422. The first kappa shape index (κ1) is 15.6. The Kier molecular flexibility index (Phi) is 4.66. The lowest BCUT2D eigenvalue weighted by Crippen LogP contribution is -2.70. The molecule has 0 aromatic heterocycles. The van der Waals surface area contributed by atoms with Crippen LogP contribution >= 0.6 is 0 Å². The van der Waals surface area contributed by atoms with Crippen LogP contribution in [0.5, 0.6) is 0 Å². The highest BCUT2D eigenvalue weighted by Gasteiger charge is 2.49. The molecule has 0 bridgehead atoms. The number of carbonyl (C=O) groups is 3.